The molecule has 1 aliphatic heterocycles. The first-order valence-corrected chi connectivity index (χ1v) is 12.1. The zero-order chi connectivity index (χ0) is 27.0. The van der Waals surface area contributed by atoms with Gasteiger partial charge in [-0.2, -0.15) is 4.98 Å². The molecule has 1 aliphatic rings. The van der Waals surface area contributed by atoms with Crippen molar-refractivity contribution in [2.24, 2.45) is 17.6 Å². The average Bonchev–Trinajstić information content (AvgIpc) is 3.26. The minimum atomic E-state index is -0.928. The van der Waals surface area contributed by atoms with Crippen molar-refractivity contribution in [3.05, 3.63) is 22.7 Å². The van der Waals surface area contributed by atoms with Gasteiger partial charge in [0.1, 0.15) is 17.9 Å². The van der Waals surface area contributed by atoms with Crippen LogP contribution in [-0.4, -0.2) is 70.0 Å². The van der Waals surface area contributed by atoms with Gasteiger partial charge in [0.15, 0.2) is 12.5 Å². The highest BCUT2D eigenvalue weighted by Gasteiger charge is 2.29. The van der Waals surface area contributed by atoms with E-state index in [9.17, 15) is 19.2 Å². The fourth-order valence-electron chi connectivity index (χ4n) is 3.60. The summed E-state index contributed by atoms with van der Waals surface area (Å²) in [6.07, 6.45) is 0.627. The Kier molecular flexibility index (Phi) is 11.0. The smallest absolute Gasteiger partial charge is 0.351 e. The zero-order valence-electron chi connectivity index (χ0n) is 21.4. The third-order valence-corrected chi connectivity index (χ3v) is 5.43. The number of carbonyl (C=O) groups excluding carboxylic acids is 3. The van der Waals surface area contributed by atoms with Crippen molar-refractivity contribution >= 4 is 23.5 Å². The topological polar surface area (TPSA) is 187 Å². The van der Waals surface area contributed by atoms with Crippen LogP contribution in [0.3, 0.4) is 0 Å². The average molecular weight is 511 g/mol. The number of ether oxygens (including phenoxy) is 2. The van der Waals surface area contributed by atoms with E-state index in [0.717, 1.165) is 0 Å². The molecule has 1 aromatic heterocycles. The number of nitrogens with one attached hydrogen (secondary N) is 3. The molecular formula is C23H38N6O7. The van der Waals surface area contributed by atoms with Crippen molar-refractivity contribution in [3.63, 3.8) is 0 Å². The SMILES string of the molecule is CC(C)CC(N)C(=O)NC(C)C(=O)NC(CC(C)C)C(=O)Nc1ccn([C@@H]2CO[C@H](CO)O2)c(=O)n1. The molecule has 6 N–H and O–H groups in total. The highest BCUT2D eigenvalue weighted by Crippen LogP contribution is 2.19. The number of nitrogens with two attached hydrogens (primary N) is 1. The van der Waals surface area contributed by atoms with Gasteiger partial charge in [-0.25, -0.2) is 4.79 Å². The van der Waals surface area contributed by atoms with Crippen molar-refractivity contribution in [2.45, 2.75) is 78.1 Å². The lowest BCUT2D eigenvalue weighted by atomic mass is 10.0. The summed E-state index contributed by atoms with van der Waals surface area (Å²) in [5.41, 5.74) is 5.19. The molecule has 3 amide bonds. The van der Waals surface area contributed by atoms with E-state index in [-0.39, 0.29) is 30.9 Å². The summed E-state index contributed by atoms with van der Waals surface area (Å²) in [7, 11) is 0. The van der Waals surface area contributed by atoms with Gasteiger partial charge in [-0.3, -0.25) is 19.0 Å². The minimum Gasteiger partial charge on any atom is -0.391 e. The molecule has 1 saturated heterocycles. The van der Waals surface area contributed by atoms with E-state index in [0.29, 0.717) is 12.8 Å². The Morgan fingerprint density at radius 1 is 1.11 bits per heavy atom. The van der Waals surface area contributed by atoms with E-state index in [1.54, 1.807) is 0 Å². The maximum absolute atomic E-state index is 12.9. The molecule has 202 valence electrons. The predicted octanol–water partition coefficient (Wildman–Crippen LogP) is -0.545. The number of carbonyl (C=O) groups is 3. The Hall–Kier alpha value is -2.87. The molecule has 0 aromatic carbocycles. The molecule has 0 radical (unpaired) electrons. The van der Waals surface area contributed by atoms with Crippen LogP contribution in [-0.2, 0) is 23.9 Å². The second kappa shape index (κ2) is 13.4. The summed E-state index contributed by atoms with van der Waals surface area (Å²) >= 11 is 0. The van der Waals surface area contributed by atoms with Crippen molar-refractivity contribution in [3.8, 4) is 0 Å². The van der Waals surface area contributed by atoms with Crippen LogP contribution in [0.25, 0.3) is 0 Å². The lowest BCUT2D eigenvalue weighted by Gasteiger charge is -2.23. The van der Waals surface area contributed by atoms with Gasteiger partial charge in [-0.05, 0) is 37.7 Å². The van der Waals surface area contributed by atoms with E-state index >= 15 is 0 Å². The van der Waals surface area contributed by atoms with E-state index in [2.05, 4.69) is 20.9 Å². The lowest BCUT2D eigenvalue weighted by Crippen LogP contribution is -2.54. The molecule has 0 saturated carbocycles. The number of aliphatic hydroxyl groups excluding tert-OH is 1. The van der Waals surface area contributed by atoms with Crippen LogP contribution >= 0.6 is 0 Å². The van der Waals surface area contributed by atoms with E-state index in [4.69, 9.17) is 20.3 Å². The van der Waals surface area contributed by atoms with Crippen LogP contribution in [0.2, 0.25) is 0 Å². The van der Waals surface area contributed by atoms with E-state index in [1.807, 2.05) is 27.7 Å². The summed E-state index contributed by atoms with van der Waals surface area (Å²) < 4.78 is 11.8. The Bertz CT molecular complexity index is 967. The summed E-state index contributed by atoms with van der Waals surface area (Å²) in [4.78, 5) is 54.2. The molecule has 5 atom stereocenters. The monoisotopic (exact) mass is 510 g/mol. The number of amides is 3. The third-order valence-electron chi connectivity index (χ3n) is 5.43. The Labute approximate surface area is 210 Å². The van der Waals surface area contributed by atoms with Crippen molar-refractivity contribution in [2.75, 3.05) is 18.5 Å². The quantitative estimate of drug-likeness (QED) is 0.246. The maximum atomic E-state index is 12.9. The van der Waals surface area contributed by atoms with E-state index < -0.39 is 54.1 Å². The first-order valence-electron chi connectivity index (χ1n) is 12.1. The molecule has 0 spiro atoms. The van der Waals surface area contributed by atoms with Gasteiger partial charge in [-0.15, -0.1) is 0 Å². The van der Waals surface area contributed by atoms with Crippen LogP contribution in [0.5, 0.6) is 0 Å². The normalized spacial score (nSPS) is 20.1. The molecule has 1 fully saturated rings. The highest BCUT2D eigenvalue weighted by molar-refractivity contribution is 5.98. The number of aromatic nitrogens is 2. The fraction of sp³-hybridized carbons (Fsp3) is 0.696. The Morgan fingerprint density at radius 2 is 1.78 bits per heavy atom. The molecule has 2 heterocycles. The molecule has 0 bridgehead atoms. The largest absolute Gasteiger partial charge is 0.391 e. The van der Waals surface area contributed by atoms with Gasteiger partial charge < -0.3 is 36.3 Å². The van der Waals surface area contributed by atoms with Crippen LogP contribution in [0.1, 0.15) is 53.7 Å². The summed E-state index contributed by atoms with van der Waals surface area (Å²) in [5.74, 6) is -1.25. The first kappa shape index (κ1) is 29.4. The van der Waals surface area contributed by atoms with Gasteiger partial charge in [0.05, 0.1) is 19.3 Å². The summed E-state index contributed by atoms with van der Waals surface area (Å²) in [5, 5.41) is 16.9. The van der Waals surface area contributed by atoms with Crippen LogP contribution in [0.4, 0.5) is 5.82 Å². The van der Waals surface area contributed by atoms with Crippen LogP contribution in [0, 0.1) is 11.8 Å². The van der Waals surface area contributed by atoms with Crippen LogP contribution < -0.4 is 27.4 Å². The minimum absolute atomic E-state index is 0.00267. The molecule has 36 heavy (non-hydrogen) atoms. The molecular weight excluding hydrogens is 472 g/mol. The second-order valence-electron chi connectivity index (χ2n) is 9.69. The molecule has 13 nitrogen and oxygen atoms in total. The molecule has 13 heteroatoms. The molecule has 3 unspecified atom stereocenters. The second-order valence-corrected chi connectivity index (χ2v) is 9.69. The lowest BCUT2D eigenvalue weighted by molar-refractivity contribution is -0.131. The van der Waals surface area contributed by atoms with Crippen molar-refractivity contribution in [1.82, 2.24) is 20.2 Å². The summed E-state index contributed by atoms with van der Waals surface area (Å²) in [6, 6.07) is -1.15. The molecule has 1 aromatic rings. The molecule has 0 aliphatic carbocycles. The molecule has 2 rings (SSSR count). The number of rotatable bonds is 12. The number of aliphatic hydroxyl groups is 1. The van der Waals surface area contributed by atoms with Gasteiger partial charge >= 0.3 is 5.69 Å². The standard InChI is InChI=1S/C23H38N6O7/c1-12(2)8-15(24)21(32)25-14(5)20(31)26-16(9-13(3)4)22(33)27-17-6-7-29(23(34)28-17)18-11-35-19(10-30)36-18/h6-7,12-16,18-19,30H,8-11,24H2,1-5H3,(H,25,32)(H,26,31)(H,27,28,33,34)/t14?,15?,16?,18-,19-/m0/s1. The third kappa shape index (κ3) is 8.66. The fourth-order valence-corrected chi connectivity index (χ4v) is 3.60. The maximum Gasteiger partial charge on any atom is 0.351 e. The summed E-state index contributed by atoms with van der Waals surface area (Å²) in [6.45, 7) is 8.91. The Balaban J connectivity index is 2.02. The number of anilines is 1. The van der Waals surface area contributed by atoms with Gasteiger partial charge in [0.2, 0.25) is 17.7 Å². The highest BCUT2D eigenvalue weighted by atomic mass is 16.7. The van der Waals surface area contributed by atoms with Crippen LogP contribution in [0.15, 0.2) is 17.1 Å². The van der Waals surface area contributed by atoms with Crippen molar-refractivity contribution < 1.29 is 29.0 Å². The first-order chi connectivity index (χ1) is 16.9. The zero-order valence-corrected chi connectivity index (χ0v) is 21.4. The van der Waals surface area contributed by atoms with Crippen molar-refractivity contribution in [1.29, 1.82) is 0 Å². The number of hydrogen-bond acceptors (Lipinski definition) is 9. The van der Waals surface area contributed by atoms with Gasteiger partial charge in [-0.1, -0.05) is 27.7 Å². The predicted molar refractivity (Wildman–Crippen MR) is 130 cm³/mol. The number of hydrogen-bond donors (Lipinski definition) is 5. The van der Waals surface area contributed by atoms with Gasteiger partial charge in [0, 0.05) is 6.20 Å². The number of nitrogens with zero attached hydrogens (tertiary/aromatic N) is 2. The van der Waals surface area contributed by atoms with Gasteiger partial charge in [0.25, 0.3) is 0 Å². The Morgan fingerprint density at radius 3 is 2.33 bits per heavy atom. The van der Waals surface area contributed by atoms with E-state index in [1.165, 1.54) is 23.8 Å².